The van der Waals surface area contributed by atoms with Gasteiger partial charge in [0.05, 0.1) is 10.5 Å². The molecule has 2 aromatic rings. The van der Waals surface area contributed by atoms with E-state index in [9.17, 15) is 14.9 Å². The fraction of sp³-hybridized carbons (Fsp3) is 0. The second-order valence-corrected chi connectivity index (χ2v) is 4.54. The lowest BCUT2D eigenvalue weighted by Crippen LogP contribution is -1.98. The summed E-state index contributed by atoms with van der Waals surface area (Å²) in [6, 6.07) is 8.94. The Bertz CT molecular complexity index is 726. The zero-order valence-electron chi connectivity index (χ0n) is 11.7. The predicted molar refractivity (Wildman–Crippen MR) is 85.7 cm³/mol. The van der Waals surface area contributed by atoms with Crippen LogP contribution in [0.1, 0.15) is 21.5 Å². The third kappa shape index (κ3) is 2.78. The molecule has 0 aliphatic carbocycles. The van der Waals surface area contributed by atoms with Crippen LogP contribution in [0.3, 0.4) is 0 Å². The minimum atomic E-state index is -1.07. The highest BCUT2D eigenvalue weighted by atomic mass is 16.6. The van der Waals surface area contributed by atoms with Crippen molar-refractivity contribution < 1.29 is 14.8 Å². The number of rotatable bonds is 5. The monoisotopic (exact) mass is 295 g/mol. The third-order valence-electron chi connectivity index (χ3n) is 3.28. The summed E-state index contributed by atoms with van der Waals surface area (Å²) in [4.78, 5) is 21.6. The molecule has 0 heterocycles. The first kappa shape index (κ1) is 15.2. The van der Waals surface area contributed by atoms with Crippen LogP contribution >= 0.6 is 0 Å². The lowest BCUT2D eigenvalue weighted by molar-refractivity contribution is -0.384. The van der Waals surface area contributed by atoms with Crippen molar-refractivity contribution in [1.82, 2.24) is 0 Å². The molecule has 110 valence electrons. The summed E-state index contributed by atoms with van der Waals surface area (Å²) < 4.78 is 0. The van der Waals surface area contributed by atoms with E-state index in [1.54, 1.807) is 24.3 Å². The van der Waals surface area contributed by atoms with Crippen LogP contribution in [0.5, 0.6) is 0 Å². The molecule has 0 spiro atoms. The van der Waals surface area contributed by atoms with Gasteiger partial charge in [-0.15, -0.1) is 0 Å². The van der Waals surface area contributed by atoms with Gasteiger partial charge in [-0.2, -0.15) is 0 Å². The highest BCUT2D eigenvalue weighted by molar-refractivity contribution is 5.92. The van der Waals surface area contributed by atoms with Crippen LogP contribution in [-0.4, -0.2) is 16.0 Å². The number of benzene rings is 2. The topological polar surface area (TPSA) is 80.4 Å². The van der Waals surface area contributed by atoms with Crippen molar-refractivity contribution >= 4 is 23.8 Å². The Morgan fingerprint density at radius 3 is 2.09 bits per heavy atom. The van der Waals surface area contributed by atoms with Crippen molar-refractivity contribution in [3.8, 4) is 11.1 Å². The van der Waals surface area contributed by atoms with Crippen molar-refractivity contribution in [1.29, 1.82) is 0 Å². The van der Waals surface area contributed by atoms with Gasteiger partial charge in [-0.3, -0.25) is 10.1 Å². The normalized spacial score (nSPS) is 10.0. The zero-order chi connectivity index (χ0) is 16.3. The van der Waals surface area contributed by atoms with Gasteiger partial charge in [0.25, 0.3) is 5.69 Å². The molecule has 0 unspecified atom stereocenters. The molecule has 2 aromatic carbocycles. The van der Waals surface area contributed by atoms with Gasteiger partial charge in [-0.1, -0.05) is 31.4 Å². The van der Waals surface area contributed by atoms with E-state index in [-0.39, 0.29) is 11.3 Å². The predicted octanol–water partition coefficient (Wildman–Crippen LogP) is 4.25. The second-order valence-electron chi connectivity index (χ2n) is 4.54. The Hall–Kier alpha value is -3.21. The highest BCUT2D eigenvalue weighted by Crippen LogP contribution is 2.32. The van der Waals surface area contributed by atoms with E-state index in [4.69, 9.17) is 5.11 Å². The minimum Gasteiger partial charge on any atom is -0.478 e. The van der Waals surface area contributed by atoms with Gasteiger partial charge in [0, 0.05) is 12.1 Å². The van der Waals surface area contributed by atoms with E-state index < -0.39 is 10.9 Å². The molecule has 1 N–H and O–H groups in total. The Morgan fingerprint density at radius 2 is 1.59 bits per heavy atom. The number of carbonyl (C=O) groups is 1. The summed E-state index contributed by atoms with van der Waals surface area (Å²) in [6.07, 6.45) is 3.14. The third-order valence-corrected chi connectivity index (χ3v) is 3.28. The smallest absolute Gasteiger partial charge is 0.335 e. The number of carboxylic acids is 1. The van der Waals surface area contributed by atoms with E-state index in [0.29, 0.717) is 22.3 Å². The fourth-order valence-electron chi connectivity index (χ4n) is 2.17. The van der Waals surface area contributed by atoms with Crippen LogP contribution in [0.2, 0.25) is 0 Å². The summed E-state index contributed by atoms with van der Waals surface area (Å²) in [5.41, 5.74) is 2.50. The molecule has 0 aromatic heterocycles. The standard InChI is InChI=1S/C17H13NO4/c1-3-11-5-6-13(17(19)20)9-15(11)16-10-14(18(21)22)8-7-12(16)4-2/h3-10H,1-2H2,(H,19,20). The SMILES string of the molecule is C=Cc1ccc(C(=O)O)cc1-c1cc([N+](=O)[O-])ccc1C=C. The van der Waals surface area contributed by atoms with Crippen LogP contribution < -0.4 is 0 Å². The van der Waals surface area contributed by atoms with Crippen LogP contribution in [0.15, 0.2) is 49.6 Å². The Kier molecular flexibility index (Phi) is 4.18. The minimum absolute atomic E-state index is 0.0728. The molecule has 0 saturated carbocycles. The fourth-order valence-corrected chi connectivity index (χ4v) is 2.17. The molecule has 5 heteroatoms. The second kappa shape index (κ2) is 6.05. The first-order valence-electron chi connectivity index (χ1n) is 6.39. The van der Waals surface area contributed by atoms with Crippen molar-refractivity contribution in [3.05, 3.63) is 76.4 Å². The van der Waals surface area contributed by atoms with Gasteiger partial charge in [0.2, 0.25) is 0 Å². The molecule has 0 amide bonds. The van der Waals surface area contributed by atoms with E-state index in [2.05, 4.69) is 13.2 Å². The lowest BCUT2D eigenvalue weighted by atomic mass is 9.93. The molecule has 0 saturated heterocycles. The summed E-state index contributed by atoms with van der Waals surface area (Å²) in [5.74, 6) is -1.07. The van der Waals surface area contributed by atoms with Gasteiger partial charge >= 0.3 is 5.97 Å². The Labute approximate surface area is 127 Å². The molecule has 5 nitrogen and oxygen atoms in total. The van der Waals surface area contributed by atoms with E-state index in [1.165, 1.54) is 24.3 Å². The number of aromatic carboxylic acids is 1. The summed E-state index contributed by atoms with van der Waals surface area (Å²) in [5, 5.41) is 20.1. The first-order valence-corrected chi connectivity index (χ1v) is 6.39. The summed E-state index contributed by atoms with van der Waals surface area (Å²) in [6.45, 7) is 7.39. The molecule has 2 rings (SSSR count). The zero-order valence-corrected chi connectivity index (χ0v) is 11.7. The van der Waals surface area contributed by atoms with Crippen LogP contribution in [0, 0.1) is 10.1 Å². The largest absolute Gasteiger partial charge is 0.478 e. The highest BCUT2D eigenvalue weighted by Gasteiger charge is 2.15. The van der Waals surface area contributed by atoms with Crippen molar-refractivity contribution in [2.75, 3.05) is 0 Å². The maximum Gasteiger partial charge on any atom is 0.335 e. The number of non-ortho nitro benzene ring substituents is 1. The number of carboxylic acid groups (broad SMARTS) is 1. The van der Waals surface area contributed by atoms with Gasteiger partial charge in [-0.05, 0) is 40.5 Å². The van der Waals surface area contributed by atoms with Crippen molar-refractivity contribution in [2.45, 2.75) is 0 Å². The summed E-state index contributed by atoms with van der Waals surface area (Å²) >= 11 is 0. The average molecular weight is 295 g/mol. The van der Waals surface area contributed by atoms with E-state index in [1.807, 2.05) is 0 Å². The van der Waals surface area contributed by atoms with Crippen LogP contribution in [-0.2, 0) is 0 Å². The molecule has 0 bridgehead atoms. The maximum absolute atomic E-state index is 11.2. The van der Waals surface area contributed by atoms with Crippen LogP contribution in [0.4, 0.5) is 5.69 Å². The lowest BCUT2D eigenvalue weighted by Gasteiger charge is -2.11. The molecule has 0 radical (unpaired) electrons. The molecular formula is C17H13NO4. The molecule has 0 aliphatic rings. The van der Waals surface area contributed by atoms with Gasteiger partial charge in [0.1, 0.15) is 0 Å². The number of hydrogen-bond acceptors (Lipinski definition) is 3. The summed E-state index contributed by atoms with van der Waals surface area (Å²) in [7, 11) is 0. The van der Waals surface area contributed by atoms with Gasteiger partial charge in [0.15, 0.2) is 0 Å². The number of nitrogens with zero attached hydrogens (tertiary/aromatic N) is 1. The van der Waals surface area contributed by atoms with Crippen molar-refractivity contribution in [2.24, 2.45) is 0 Å². The molecule has 0 atom stereocenters. The van der Waals surface area contributed by atoms with E-state index in [0.717, 1.165) is 0 Å². The number of hydrogen-bond donors (Lipinski definition) is 1. The number of nitro groups is 1. The average Bonchev–Trinajstić information content (AvgIpc) is 2.53. The molecule has 0 aliphatic heterocycles. The first-order chi connectivity index (χ1) is 10.5. The molecule has 22 heavy (non-hydrogen) atoms. The molecule has 0 fully saturated rings. The molecular weight excluding hydrogens is 282 g/mol. The van der Waals surface area contributed by atoms with Gasteiger partial charge in [-0.25, -0.2) is 4.79 Å². The van der Waals surface area contributed by atoms with E-state index >= 15 is 0 Å². The Morgan fingerprint density at radius 1 is 1.05 bits per heavy atom. The number of nitro benzene ring substituents is 1. The maximum atomic E-state index is 11.2. The Balaban J connectivity index is 2.78. The van der Waals surface area contributed by atoms with Gasteiger partial charge < -0.3 is 5.11 Å². The van der Waals surface area contributed by atoms with Crippen LogP contribution in [0.25, 0.3) is 23.3 Å². The van der Waals surface area contributed by atoms with Crippen molar-refractivity contribution in [3.63, 3.8) is 0 Å². The quantitative estimate of drug-likeness (QED) is 0.660.